The third-order valence-electron chi connectivity index (χ3n) is 7.56. The van der Waals surface area contributed by atoms with Crippen LogP contribution in [0, 0.1) is 6.92 Å². The van der Waals surface area contributed by atoms with Crippen LogP contribution in [-0.2, 0) is 5.41 Å². The van der Waals surface area contributed by atoms with Crippen molar-refractivity contribution in [3.8, 4) is 23.0 Å². The van der Waals surface area contributed by atoms with Crippen LogP contribution in [0.4, 0.5) is 0 Å². The van der Waals surface area contributed by atoms with Crippen LogP contribution >= 0.6 is 0 Å². The normalized spacial score (nSPS) is 12.0. The lowest BCUT2D eigenvalue weighted by atomic mass is 9.88. The number of hydrogen-bond donors (Lipinski definition) is 0. The fourth-order valence-corrected chi connectivity index (χ4v) is 5.50. The molecule has 0 radical (unpaired) electrons. The van der Waals surface area contributed by atoms with Crippen LogP contribution in [0.2, 0.25) is 0 Å². The van der Waals surface area contributed by atoms with Gasteiger partial charge in [-0.05, 0) is 66.4 Å². The molecule has 0 saturated carbocycles. The Hall–Kier alpha value is -4.90. The van der Waals surface area contributed by atoms with Gasteiger partial charge in [0, 0.05) is 34.5 Å². The van der Waals surface area contributed by atoms with Crippen molar-refractivity contribution in [1.82, 2.24) is 19.3 Å². The molecule has 0 aliphatic carbocycles. The van der Waals surface area contributed by atoms with E-state index in [1.165, 1.54) is 10.9 Å². The minimum absolute atomic E-state index is 0.0220. The van der Waals surface area contributed by atoms with Crippen LogP contribution in [0.15, 0.2) is 109 Å². The number of rotatable bonds is 4. The topological polar surface area (TPSA) is 44.9 Å². The third-order valence-corrected chi connectivity index (χ3v) is 7.56. The number of aryl methyl sites for hydroxylation is 1. The Morgan fingerprint density at radius 2 is 1.38 bits per heavy atom. The van der Waals surface area contributed by atoms with Crippen molar-refractivity contribution in [1.29, 1.82) is 0 Å². The highest BCUT2D eigenvalue weighted by Crippen LogP contribution is 2.36. The van der Waals surface area contributed by atoms with Gasteiger partial charge < -0.3 is 4.74 Å². The lowest BCUT2D eigenvalue weighted by molar-refractivity contribution is 0.483. The van der Waals surface area contributed by atoms with Crippen LogP contribution in [0.1, 0.15) is 32.0 Å². The highest BCUT2D eigenvalue weighted by Gasteiger charge is 2.18. The van der Waals surface area contributed by atoms with Gasteiger partial charge in [-0.25, -0.2) is 9.67 Å². The average molecular weight is 523 g/mol. The molecule has 5 heteroatoms. The first-order valence-electron chi connectivity index (χ1n) is 13.6. The summed E-state index contributed by atoms with van der Waals surface area (Å²) >= 11 is 0. The Morgan fingerprint density at radius 3 is 2.20 bits per heavy atom. The van der Waals surface area contributed by atoms with Crippen LogP contribution < -0.4 is 4.74 Å². The second-order valence-corrected chi connectivity index (χ2v) is 11.3. The van der Waals surface area contributed by atoms with Gasteiger partial charge in [-0.1, -0.05) is 63.2 Å². The molecular formula is C35H30N4O. The molecule has 5 nitrogen and oxygen atoms in total. The van der Waals surface area contributed by atoms with Crippen molar-refractivity contribution in [3.63, 3.8) is 0 Å². The molecular weight excluding hydrogens is 492 g/mol. The number of pyridine rings is 1. The summed E-state index contributed by atoms with van der Waals surface area (Å²) in [4.78, 5) is 4.79. The van der Waals surface area contributed by atoms with E-state index in [0.29, 0.717) is 0 Å². The molecule has 0 unspecified atom stereocenters. The van der Waals surface area contributed by atoms with Crippen LogP contribution in [0.5, 0.6) is 11.5 Å². The lowest BCUT2D eigenvalue weighted by Gasteiger charge is -2.20. The molecule has 4 aromatic carbocycles. The molecule has 0 amide bonds. The summed E-state index contributed by atoms with van der Waals surface area (Å²) in [5, 5.41) is 8.30. The largest absolute Gasteiger partial charge is 0.457 e. The van der Waals surface area contributed by atoms with E-state index in [0.717, 1.165) is 56.0 Å². The van der Waals surface area contributed by atoms with E-state index in [-0.39, 0.29) is 5.41 Å². The molecule has 0 fully saturated rings. The third kappa shape index (κ3) is 4.02. The van der Waals surface area contributed by atoms with Gasteiger partial charge in [0.15, 0.2) is 0 Å². The number of fused-ring (bicyclic) bond motifs is 4. The highest BCUT2D eigenvalue weighted by atomic mass is 16.5. The quantitative estimate of drug-likeness (QED) is 0.232. The minimum Gasteiger partial charge on any atom is -0.457 e. The van der Waals surface area contributed by atoms with Crippen LogP contribution in [0.25, 0.3) is 44.2 Å². The van der Waals surface area contributed by atoms with E-state index in [2.05, 4.69) is 92.1 Å². The average Bonchev–Trinajstić information content (AvgIpc) is 3.47. The second-order valence-electron chi connectivity index (χ2n) is 11.3. The van der Waals surface area contributed by atoms with Gasteiger partial charge in [0.25, 0.3) is 0 Å². The van der Waals surface area contributed by atoms with Crippen molar-refractivity contribution in [2.75, 3.05) is 0 Å². The summed E-state index contributed by atoms with van der Waals surface area (Å²) in [6.07, 6.45) is 1.91. The molecule has 0 atom stereocenters. The fourth-order valence-electron chi connectivity index (χ4n) is 5.50. The maximum absolute atomic E-state index is 6.46. The Labute approximate surface area is 233 Å². The zero-order valence-electron chi connectivity index (χ0n) is 23.1. The van der Waals surface area contributed by atoms with Gasteiger partial charge in [0.1, 0.15) is 17.3 Å². The Bertz CT molecular complexity index is 2040. The second kappa shape index (κ2) is 9.09. The number of benzene rings is 4. The summed E-state index contributed by atoms with van der Waals surface area (Å²) in [6, 6.07) is 35.4. The molecule has 7 rings (SSSR count). The van der Waals surface area contributed by atoms with E-state index in [9.17, 15) is 0 Å². The molecule has 0 saturated heterocycles. The predicted molar refractivity (Wildman–Crippen MR) is 163 cm³/mol. The molecule has 3 heterocycles. The molecule has 0 spiro atoms. The van der Waals surface area contributed by atoms with E-state index in [1.54, 1.807) is 0 Å². The number of para-hydroxylation sites is 2. The van der Waals surface area contributed by atoms with Crippen molar-refractivity contribution < 1.29 is 4.74 Å². The van der Waals surface area contributed by atoms with Gasteiger partial charge in [0.2, 0.25) is 0 Å². The molecule has 7 aromatic rings. The van der Waals surface area contributed by atoms with Crippen molar-refractivity contribution in [2.24, 2.45) is 0 Å². The van der Waals surface area contributed by atoms with Gasteiger partial charge in [0.05, 0.1) is 27.9 Å². The first-order valence-corrected chi connectivity index (χ1v) is 13.6. The van der Waals surface area contributed by atoms with E-state index in [1.807, 2.05) is 54.2 Å². The first-order chi connectivity index (χ1) is 19.4. The number of aromatic nitrogens is 4. The van der Waals surface area contributed by atoms with E-state index < -0.39 is 0 Å². The SMILES string of the molecule is Cc1nn(-c2cccc(Oc3ccc4c5ccccc5n(-c5cc(C(C)(C)C)ccn5)c4c3)c2)c2ccccc12. The summed E-state index contributed by atoms with van der Waals surface area (Å²) in [6.45, 7) is 8.72. The number of ether oxygens (including phenoxy) is 1. The maximum Gasteiger partial charge on any atom is 0.137 e. The smallest absolute Gasteiger partial charge is 0.137 e. The van der Waals surface area contributed by atoms with Crippen LogP contribution in [-0.4, -0.2) is 19.3 Å². The maximum atomic E-state index is 6.46. The Kier molecular flexibility index (Phi) is 5.49. The Morgan fingerprint density at radius 1 is 0.650 bits per heavy atom. The fraction of sp³-hybridized carbons (Fsp3) is 0.143. The zero-order valence-corrected chi connectivity index (χ0v) is 23.1. The van der Waals surface area contributed by atoms with Gasteiger partial charge in [-0.2, -0.15) is 5.10 Å². The van der Waals surface area contributed by atoms with Gasteiger partial charge in [-0.3, -0.25) is 4.57 Å². The van der Waals surface area contributed by atoms with E-state index in [4.69, 9.17) is 14.8 Å². The molecule has 3 aromatic heterocycles. The van der Waals surface area contributed by atoms with Gasteiger partial charge >= 0.3 is 0 Å². The summed E-state index contributed by atoms with van der Waals surface area (Å²) in [5.74, 6) is 2.42. The predicted octanol–water partition coefficient (Wildman–Crippen LogP) is 8.92. The van der Waals surface area contributed by atoms with Gasteiger partial charge in [-0.15, -0.1) is 0 Å². The molecule has 0 aliphatic rings. The summed E-state index contributed by atoms with van der Waals surface area (Å²) in [5.41, 5.74) is 6.48. The van der Waals surface area contributed by atoms with Crippen molar-refractivity contribution in [3.05, 3.63) is 121 Å². The first kappa shape index (κ1) is 24.2. The lowest BCUT2D eigenvalue weighted by Crippen LogP contribution is -2.12. The minimum atomic E-state index is 0.0220. The van der Waals surface area contributed by atoms with Crippen LogP contribution in [0.3, 0.4) is 0 Å². The molecule has 0 N–H and O–H groups in total. The highest BCUT2D eigenvalue weighted by molar-refractivity contribution is 6.09. The standard InChI is InChI=1S/C35H30N4O/c1-23-28-12-5-8-15-32(28)39(37-23)25-10-9-11-26(21-25)40-27-16-17-30-29-13-6-7-14-31(29)38(33(30)22-27)34-20-24(18-19-36-34)35(2,3)4/h5-22H,1-4H3. The monoisotopic (exact) mass is 522 g/mol. The zero-order chi connectivity index (χ0) is 27.4. The van der Waals surface area contributed by atoms with Crippen molar-refractivity contribution >= 4 is 32.7 Å². The number of hydrogen-bond acceptors (Lipinski definition) is 3. The summed E-state index contributed by atoms with van der Waals surface area (Å²) in [7, 11) is 0. The number of nitrogens with zero attached hydrogens (tertiary/aromatic N) is 4. The Balaban J connectivity index is 1.33. The van der Waals surface area contributed by atoms with E-state index >= 15 is 0 Å². The molecule has 40 heavy (non-hydrogen) atoms. The van der Waals surface area contributed by atoms with Crippen molar-refractivity contribution in [2.45, 2.75) is 33.1 Å². The summed E-state index contributed by atoms with van der Waals surface area (Å²) < 4.78 is 10.7. The molecule has 0 bridgehead atoms. The molecule has 196 valence electrons. The molecule has 0 aliphatic heterocycles.